The van der Waals surface area contributed by atoms with Crippen molar-refractivity contribution in [2.45, 2.75) is 38.5 Å². The fourth-order valence-electron chi connectivity index (χ4n) is 1.61. The van der Waals surface area contributed by atoms with Crippen LogP contribution in [0.25, 0.3) is 0 Å². The molecule has 2 aromatic rings. The molecule has 0 aromatic carbocycles. The Morgan fingerprint density at radius 1 is 1.44 bits per heavy atom. The lowest BCUT2D eigenvalue weighted by Gasteiger charge is -2.03. The van der Waals surface area contributed by atoms with Crippen molar-refractivity contribution in [1.82, 2.24) is 20.0 Å². The van der Waals surface area contributed by atoms with E-state index in [4.69, 9.17) is 0 Å². The van der Waals surface area contributed by atoms with Gasteiger partial charge in [0.1, 0.15) is 5.01 Å². The molecule has 6 heteroatoms. The molecule has 0 aliphatic rings. The molecular formula is C12H18N4S2. The molecule has 1 atom stereocenters. The SMILES string of the molecule is CCc1csc(Cn2cc(CC(C)SC)nn2)n1. The number of hydrogen-bond acceptors (Lipinski definition) is 5. The molecule has 0 fully saturated rings. The third-order valence-corrected chi connectivity index (χ3v) is 4.60. The largest absolute Gasteiger partial charge is 0.245 e. The standard InChI is InChI=1S/C12H18N4S2/c1-4-10-8-18-12(13-10)7-16-6-11(14-15-16)5-9(2)17-3/h6,8-9H,4-5,7H2,1-3H3. The van der Waals surface area contributed by atoms with Crippen LogP contribution in [0.2, 0.25) is 0 Å². The van der Waals surface area contributed by atoms with Crippen molar-refractivity contribution < 1.29 is 0 Å². The summed E-state index contributed by atoms with van der Waals surface area (Å²) in [4.78, 5) is 4.54. The van der Waals surface area contributed by atoms with E-state index in [0.29, 0.717) is 5.25 Å². The van der Waals surface area contributed by atoms with Gasteiger partial charge >= 0.3 is 0 Å². The molecule has 0 amide bonds. The molecule has 98 valence electrons. The second-order valence-corrected chi connectivity index (χ2v) is 6.46. The van der Waals surface area contributed by atoms with Crippen LogP contribution in [0.5, 0.6) is 0 Å². The van der Waals surface area contributed by atoms with Crippen molar-refractivity contribution >= 4 is 23.1 Å². The van der Waals surface area contributed by atoms with Gasteiger partial charge in [0.15, 0.2) is 0 Å². The van der Waals surface area contributed by atoms with Crippen molar-refractivity contribution in [2.24, 2.45) is 0 Å². The van der Waals surface area contributed by atoms with Crippen molar-refractivity contribution in [2.75, 3.05) is 6.26 Å². The Labute approximate surface area is 116 Å². The van der Waals surface area contributed by atoms with Crippen molar-refractivity contribution in [3.05, 3.63) is 28.0 Å². The highest BCUT2D eigenvalue weighted by Gasteiger charge is 2.07. The summed E-state index contributed by atoms with van der Waals surface area (Å²) in [5, 5.41) is 12.2. The van der Waals surface area contributed by atoms with E-state index >= 15 is 0 Å². The molecule has 2 rings (SSSR count). The Morgan fingerprint density at radius 2 is 2.28 bits per heavy atom. The van der Waals surface area contributed by atoms with Crippen LogP contribution in [-0.2, 0) is 19.4 Å². The smallest absolute Gasteiger partial charge is 0.114 e. The van der Waals surface area contributed by atoms with Gasteiger partial charge in [-0.15, -0.1) is 16.4 Å². The first-order valence-corrected chi connectivity index (χ1v) is 8.23. The third kappa shape index (κ3) is 3.55. The highest BCUT2D eigenvalue weighted by Crippen LogP contribution is 2.13. The molecule has 18 heavy (non-hydrogen) atoms. The molecule has 2 aromatic heterocycles. The van der Waals surface area contributed by atoms with Gasteiger partial charge in [-0.2, -0.15) is 11.8 Å². The zero-order valence-corrected chi connectivity index (χ0v) is 12.6. The van der Waals surface area contributed by atoms with E-state index in [-0.39, 0.29) is 0 Å². The quantitative estimate of drug-likeness (QED) is 0.817. The van der Waals surface area contributed by atoms with Gasteiger partial charge < -0.3 is 0 Å². The summed E-state index contributed by atoms with van der Waals surface area (Å²) in [5.74, 6) is 0. The fourth-order valence-corrected chi connectivity index (χ4v) is 2.82. The minimum absolute atomic E-state index is 0.585. The van der Waals surface area contributed by atoms with E-state index in [0.717, 1.165) is 35.8 Å². The lowest BCUT2D eigenvalue weighted by atomic mass is 10.3. The van der Waals surface area contributed by atoms with Crippen LogP contribution >= 0.6 is 23.1 Å². The minimum Gasteiger partial charge on any atom is -0.245 e. The van der Waals surface area contributed by atoms with Gasteiger partial charge in [-0.1, -0.05) is 19.1 Å². The Bertz CT molecular complexity index is 492. The van der Waals surface area contributed by atoms with Crippen LogP contribution < -0.4 is 0 Å². The van der Waals surface area contributed by atoms with Gasteiger partial charge in [-0.25, -0.2) is 9.67 Å². The molecule has 1 unspecified atom stereocenters. The molecule has 0 saturated heterocycles. The molecular weight excluding hydrogens is 264 g/mol. The van der Waals surface area contributed by atoms with E-state index in [2.05, 4.69) is 40.8 Å². The average Bonchev–Trinajstić information content (AvgIpc) is 2.99. The summed E-state index contributed by atoms with van der Waals surface area (Å²) in [6, 6.07) is 0. The van der Waals surface area contributed by atoms with Crippen LogP contribution in [0.3, 0.4) is 0 Å². The van der Waals surface area contributed by atoms with Crippen molar-refractivity contribution in [1.29, 1.82) is 0 Å². The van der Waals surface area contributed by atoms with Crippen molar-refractivity contribution in [3.8, 4) is 0 Å². The maximum Gasteiger partial charge on any atom is 0.114 e. The van der Waals surface area contributed by atoms with E-state index < -0.39 is 0 Å². The summed E-state index contributed by atoms with van der Waals surface area (Å²) >= 11 is 3.54. The lowest BCUT2D eigenvalue weighted by molar-refractivity contribution is 0.645. The first-order chi connectivity index (χ1) is 8.71. The summed E-state index contributed by atoms with van der Waals surface area (Å²) in [7, 11) is 0. The predicted molar refractivity (Wildman–Crippen MR) is 77.3 cm³/mol. The zero-order chi connectivity index (χ0) is 13.0. The van der Waals surface area contributed by atoms with Crippen LogP contribution in [0.15, 0.2) is 11.6 Å². The number of hydrogen-bond donors (Lipinski definition) is 0. The van der Waals surface area contributed by atoms with Crippen LogP contribution in [0.1, 0.15) is 30.2 Å². The molecule has 0 bridgehead atoms. The number of aromatic nitrogens is 4. The first kappa shape index (κ1) is 13.5. The van der Waals surface area contributed by atoms with Gasteiger partial charge in [0.05, 0.1) is 17.9 Å². The normalized spacial score (nSPS) is 12.8. The number of rotatable bonds is 6. The Kier molecular flexibility index (Phi) is 4.77. The first-order valence-electron chi connectivity index (χ1n) is 6.06. The van der Waals surface area contributed by atoms with Gasteiger partial charge in [0.25, 0.3) is 0 Å². The van der Waals surface area contributed by atoms with E-state index in [1.54, 1.807) is 11.3 Å². The third-order valence-electron chi connectivity index (χ3n) is 2.74. The molecule has 2 heterocycles. The minimum atomic E-state index is 0.585. The van der Waals surface area contributed by atoms with Gasteiger partial charge in [-0.3, -0.25) is 0 Å². The zero-order valence-electron chi connectivity index (χ0n) is 11.0. The van der Waals surface area contributed by atoms with Crippen molar-refractivity contribution in [3.63, 3.8) is 0 Å². The van der Waals surface area contributed by atoms with Crippen LogP contribution in [-0.4, -0.2) is 31.5 Å². The number of thioether (sulfide) groups is 1. The Hall–Kier alpha value is -0.880. The van der Waals surface area contributed by atoms with Gasteiger partial charge in [0.2, 0.25) is 0 Å². The van der Waals surface area contributed by atoms with E-state index in [1.807, 2.05) is 22.6 Å². The summed E-state index contributed by atoms with van der Waals surface area (Å²) < 4.78 is 1.88. The highest BCUT2D eigenvalue weighted by molar-refractivity contribution is 7.99. The summed E-state index contributed by atoms with van der Waals surface area (Å²) in [6.45, 7) is 5.06. The molecule has 0 spiro atoms. The number of thiazole rings is 1. The second-order valence-electron chi connectivity index (χ2n) is 4.24. The predicted octanol–water partition coefficient (Wildman–Crippen LogP) is 2.64. The number of nitrogens with zero attached hydrogens (tertiary/aromatic N) is 4. The summed E-state index contributed by atoms with van der Waals surface area (Å²) in [6.07, 6.45) is 6.11. The maximum absolute atomic E-state index is 4.54. The molecule has 0 aliphatic carbocycles. The summed E-state index contributed by atoms with van der Waals surface area (Å²) in [5.41, 5.74) is 2.22. The van der Waals surface area contributed by atoms with Crippen LogP contribution in [0, 0.1) is 0 Å². The van der Waals surface area contributed by atoms with Gasteiger partial charge in [-0.05, 0) is 12.7 Å². The second kappa shape index (κ2) is 6.33. The average molecular weight is 282 g/mol. The highest BCUT2D eigenvalue weighted by atomic mass is 32.2. The van der Waals surface area contributed by atoms with E-state index in [9.17, 15) is 0 Å². The molecule has 0 radical (unpaired) electrons. The molecule has 0 N–H and O–H groups in total. The van der Waals surface area contributed by atoms with E-state index in [1.165, 1.54) is 0 Å². The Morgan fingerprint density at radius 3 is 2.94 bits per heavy atom. The lowest BCUT2D eigenvalue weighted by Crippen LogP contribution is -2.01. The van der Waals surface area contributed by atoms with Crippen LogP contribution in [0.4, 0.5) is 0 Å². The topological polar surface area (TPSA) is 43.6 Å². The molecule has 0 saturated carbocycles. The monoisotopic (exact) mass is 282 g/mol. The molecule has 0 aliphatic heterocycles. The maximum atomic E-state index is 4.54. The fraction of sp³-hybridized carbons (Fsp3) is 0.583. The van der Waals surface area contributed by atoms with Gasteiger partial charge in [0, 0.05) is 23.2 Å². The number of aryl methyl sites for hydroxylation is 1. The Balaban J connectivity index is 1.97. The molecule has 4 nitrogen and oxygen atoms in total.